The third-order valence-electron chi connectivity index (χ3n) is 2.78. The Kier molecular flexibility index (Phi) is 6.63. The highest BCUT2D eigenvalue weighted by atomic mass is 32.1. The molecule has 0 aromatic heterocycles. The SMILES string of the molecule is CCCCCN(CCC(N)=S)c1ccccc1. The molecule has 1 aromatic rings. The zero-order chi connectivity index (χ0) is 12.5. The predicted octanol–water partition coefficient (Wildman–Crippen LogP) is 3.36. The van der Waals surface area contributed by atoms with Crippen LogP contribution in [0.1, 0.15) is 32.6 Å². The molecule has 0 amide bonds. The number of para-hydroxylation sites is 1. The number of benzene rings is 1. The largest absolute Gasteiger partial charge is 0.393 e. The number of anilines is 1. The Morgan fingerprint density at radius 2 is 1.88 bits per heavy atom. The molecule has 0 saturated heterocycles. The molecule has 0 fully saturated rings. The summed E-state index contributed by atoms with van der Waals surface area (Å²) in [5.74, 6) is 0. The Morgan fingerprint density at radius 3 is 2.47 bits per heavy atom. The van der Waals surface area contributed by atoms with Crippen LogP contribution in [0, 0.1) is 0 Å². The summed E-state index contributed by atoms with van der Waals surface area (Å²) in [6.07, 6.45) is 4.54. The second kappa shape index (κ2) is 8.07. The van der Waals surface area contributed by atoms with Crippen LogP contribution in [0.2, 0.25) is 0 Å². The standard InChI is InChI=1S/C14H22N2S/c1-2-3-7-11-16(12-10-14(15)17)13-8-5-4-6-9-13/h4-6,8-9H,2-3,7,10-12H2,1H3,(H2,15,17). The molecule has 0 aliphatic heterocycles. The lowest BCUT2D eigenvalue weighted by Crippen LogP contribution is -2.28. The number of unbranched alkanes of at least 4 members (excludes halogenated alkanes) is 2. The highest BCUT2D eigenvalue weighted by molar-refractivity contribution is 7.80. The topological polar surface area (TPSA) is 29.3 Å². The van der Waals surface area contributed by atoms with Gasteiger partial charge in [0, 0.05) is 25.2 Å². The second-order valence-corrected chi connectivity index (χ2v) is 4.77. The lowest BCUT2D eigenvalue weighted by molar-refractivity contribution is 0.679. The first kappa shape index (κ1) is 14.0. The van der Waals surface area contributed by atoms with Gasteiger partial charge in [-0.2, -0.15) is 0 Å². The minimum Gasteiger partial charge on any atom is -0.393 e. The normalized spacial score (nSPS) is 10.2. The van der Waals surface area contributed by atoms with E-state index in [9.17, 15) is 0 Å². The van der Waals surface area contributed by atoms with Gasteiger partial charge in [-0.3, -0.25) is 0 Å². The van der Waals surface area contributed by atoms with Gasteiger partial charge in [-0.1, -0.05) is 50.2 Å². The van der Waals surface area contributed by atoms with E-state index in [0.29, 0.717) is 4.99 Å². The maximum atomic E-state index is 5.58. The van der Waals surface area contributed by atoms with Crippen LogP contribution >= 0.6 is 12.2 Å². The minimum absolute atomic E-state index is 0.599. The lowest BCUT2D eigenvalue weighted by Gasteiger charge is -2.24. The van der Waals surface area contributed by atoms with Gasteiger partial charge in [0.15, 0.2) is 0 Å². The van der Waals surface area contributed by atoms with Crippen LogP contribution in [0.15, 0.2) is 30.3 Å². The molecule has 1 rings (SSSR count). The predicted molar refractivity (Wildman–Crippen MR) is 79.6 cm³/mol. The second-order valence-electron chi connectivity index (χ2n) is 4.25. The van der Waals surface area contributed by atoms with Gasteiger partial charge in [-0.15, -0.1) is 0 Å². The van der Waals surface area contributed by atoms with Crippen LogP contribution in [0.3, 0.4) is 0 Å². The monoisotopic (exact) mass is 250 g/mol. The summed E-state index contributed by atoms with van der Waals surface area (Å²) >= 11 is 4.95. The molecule has 0 bridgehead atoms. The molecule has 0 heterocycles. The molecule has 0 saturated carbocycles. The van der Waals surface area contributed by atoms with Gasteiger partial charge in [-0.25, -0.2) is 0 Å². The summed E-state index contributed by atoms with van der Waals surface area (Å²) in [4.78, 5) is 2.97. The van der Waals surface area contributed by atoms with Crippen LogP contribution in [0.25, 0.3) is 0 Å². The first-order valence-electron chi connectivity index (χ1n) is 6.32. The Bertz CT molecular complexity index is 324. The summed E-state index contributed by atoms with van der Waals surface area (Å²) in [5, 5.41) is 0. The van der Waals surface area contributed by atoms with E-state index in [4.69, 9.17) is 18.0 Å². The molecular formula is C14H22N2S. The van der Waals surface area contributed by atoms with Gasteiger partial charge < -0.3 is 10.6 Å². The molecule has 0 aliphatic carbocycles. The number of hydrogen-bond acceptors (Lipinski definition) is 2. The number of rotatable bonds is 8. The zero-order valence-electron chi connectivity index (χ0n) is 10.6. The third-order valence-corrected chi connectivity index (χ3v) is 2.99. The fourth-order valence-electron chi connectivity index (χ4n) is 1.81. The van der Waals surface area contributed by atoms with Gasteiger partial charge in [0.25, 0.3) is 0 Å². The molecule has 94 valence electrons. The van der Waals surface area contributed by atoms with Crippen LogP contribution in [0.4, 0.5) is 5.69 Å². The first-order chi connectivity index (χ1) is 8.24. The van der Waals surface area contributed by atoms with Crippen molar-refractivity contribution in [2.45, 2.75) is 32.6 Å². The molecule has 17 heavy (non-hydrogen) atoms. The van der Waals surface area contributed by atoms with Crippen molar-refractivity contribution in [2.24, 2.45) is 5.73 Å². The highest BCUT2D eigenvalue weighted by Crippen LogP contribution is 2.14. The van der Waals surface area contributed by atoms with Crippen molar-refractivity contribution in [3.63, 3.8) is 0 Å². The molecule has 0 radical (unpaired) electrons. The summed E-state index contributed by atoms with van der Waals surface area (Å²) < 4.78 is 0. The fourth-order valence-corrected chi connectivity index (χ4v) is 1.90. The van der Waals surface area contributed by atoms with Crippen LogP contribution in [0.5, 0.6) is 0 Å². The van der Waals surface area contributed by atoms with E-state index in [2.05, 4.69) is 36.1 Å². The lowest BCUT2D eigenvalue weighted by atomic mass is 10.2. The molecule has 3 heteroatoms. The average molecular weight is 250 g/mol. The maximum absolute atomic E-state index is 5.58. The van der Waals surface area contributed by atoms with Crippen LogP contribution in [-0.2, 0) is 0 Å². The minimum atomic E-state index is 0.599. The van der Waals surface area contributed by atoms with Crippen molar-refractivity contribution in [3.8, 4) is 0 Å². The summed E-state index contributed by atoms with van der Waals surface area (Å²) in [7, 11) is 0. The summed E-state index contributed by atoms with van der Waals surface area (Å²) in [6.45, 7) is 4.23. The maximum Gasteiger partial charge on any atom is 0.0745 e. The molecule has 1 aromatic carbocycles. The summed E-state index contributed by atoms with van der Waals surface area (Å²) in [6, 6.07) is 10.5. The van der Waals surface area contributed by atoms with Crippen LogP contribution in [-0.4, -0.2) is 18.1 Å². The first-order valence-corrected chi connectivity index (χ1v) is 6.73. The van der Waals surface area contributed by atoms with Gasteiger partial charge >= 0.3 is 0 Å². The van der Waals surface area contributed by atoms with Crippen molar-refractivity contribution in [1.82, 2.24) is 0 Å². The Morgan fingerprint density at radius 1 is 1.18 bits per heavy atom. The van der Waals surface area contributed by atoms with Gasteiger partial charge in [0.2, 0.25) is 0 Å². The van der Waals surface area contributed by atoms with Crippen molar-refractivity contribution >= 4 is 22.9 Å². The molecule has 0 spiro atoms. The Balaban J connectivity index is 2.55. The van der Waals surface area contributed by atoms with Gasteiger partial charge in [0.05, 0.1) is 4.99 Å². The number of nitrogens with two attached hydrogens (primary N) is 1. The molecule has 2 N–H and O–H groups in total. The molecule has 0 atom stereocenters. The van der Waals surface area contributed by atoms with Crippen LogP contribution < -0.4 is 10.6 Å². The van der Waals surface area contributed by atoms with E-state index in [0.717, 1.165) is 19.5 Å². The Hall–Kier alpha value is -1.09. The quantitative estimate of drug-likeness (QED) is 0.566. The molecule has 0 unspecified atom stereocenters. The molecule has 0 aliphatic rings. The van der Waals surface area contributed by atoms with E-state index < -0.39 is 0 Å². The molecule has 2 nitrogen and oxygen atoms in total. The van der Waals surface area contributed by atoms with E-state index >= 15 is 0 Å². The third kappa shape index (κ3) is 5.68. The average Bonchev–Trinajstić information content (AvgIpc) is 2.34. The molecular weight excluding hydrogens is 228 g/mol. The van der Waals surface area contributed by atoms with E-state index in [1.807, 2.05) is 6.07 Å². The number of hydrogen-bond donors (Lipinski definition) is 1. The number of nitrogens with zero attached hydrogens (tertiary/aromatic N) is 1. The Labute approximate surface area is 110 Å². The number of thiocarbonyl (C=S) groups is 1. The van der Waals surface area contributed by atoms with Gasteiger partial charge in [0.1, 0.15) is 0 Å². The highest BCUT2D eigenvalue weighted by Gasteiger charge is 2.05. The van der Waals surface area contributed by atoms with E-state index in [-0.39, 0.29) is 0 Å². The van der Waals surface area contributed by atoms with Gasteiger partial charge in [-0.05, 0) is 18.6 Å². The summed E-state index contributed by atoms with van der Waals surface area (Å²) in [5.41, 5.74) is 6.84. The fraction of sp³-hybridized carbons (Fsp3) is 0.500. The van der Waals surface area contributed by atoms with Crippen molar-refractivity contribution in [1.29, 1.82) is 0 Å². The smallest absolute Gasteiger partial charge is 0.0745 e. The van der Waals surface area contributed by atoms with Crippen molar-refractivity contribution < 1.29 is 0 Å². The van der Waals surface area contributed by atoms with Crippen molar-refractivity contribution in [3.05, 3.63) is 30.3 Å². The van der Waals surface area contributed by atoms with E-state index in [1.54, 1.807) is 0 Å². The zero-order valence-corrected chi connectivity index (χ0v) is 11.4. The van der Waals surface area contributed by atoms with Crippen molar-refractivity contribution in [2.75, 3.05) is 18.0 Å². The van der Waals surface area contributed by atoms with E-state index in [1.165, 1.54) is 24.9 Å².